The topological polar surface area (TPSA) is 114 Å². The van der Waals surface area contributed by atoms with E-state index >= 15 is 0 Å². The number of aromatic nitrogens is 3. The van der Waals surface area contributed by atoms with Crippen molar-refractivity contribution in [2.45, 2.75) is 6.92 Å². The lowest BCUT2D eigenvalue weighted by Crippen LogP contribution is -2.19. The highest BCUT2D eigenvalue weighted by Crippen LogP contribution is 2.15. The molecule has 9 heteroatoms. The van der Waals surface area contributed by atoms with E-state index in [0.717, 1.165) is 0 Å². The SMILES string of the molecule is CCS(=O)(=O)CCNc1nc(NN)cn2ccnc12. The Morgan fingerprint density at radius 1 is 1.47 bits per heavy atom. The molecular formula is C10H16N6O2S. The van der Waals surface area contributed by atoms with Crippen LogP contribution in [0, 0.1) is 0 Å². The standard InChI is InChI=1S/C10H16N6O2S/c1-2-19(17,18)6-4-12-9-10-13-3-5-16(10)7-8(14-9)15-11/h3,5,7,15H,2,4,6,11H2,1H3,(H,12,14). The van der Waals surface area contributed by atoms with Gasteiger partial charge in [0.15, 0.2) is 27.1 Å². The van der Waals surface area contributed by atoms with Crippen LogP contribution in [0.4, 0.5) is 11.6 Å². The minimum atomic E-state index is -3.00. The molecule has 0 unspecified atom stereocenters. The van der Waals surface area contributed by atoms with Crippen LogP contribution < -0.4 is 16.6 Å². The van der Waals surface area contributed by atoms with Crippen molar-refractivity contribution in [1.82, 2.24) is 14.4 Å². The van der Waals surface area contributed by atoms with Crippen molar-refractivity contribution in [1.29, 1.82) is 0 Å². The monoisotopic (exact) mass is 284 g/mol. The zero-order valence-corrected chi connectivity index (χ0v) is 11.3. The number of nitrogens with zero attached hydrogens (tertiary/aromatic N) is 3. The van der Waals surface area contributed by atoms with E-state index in [1.807, 2.05) is 0 Å². The molecule has 0 atom stereocenters. The van der Waals surface area contributed by atoms with Gasteiger partial charge in [0.2, 0.25) is 0 Å². The predicted octanol–water partition coefficient (Wildman–Crippen LogP) is -0.138. The number of nitrogens with one attached hydrogen (secondary N) is 2. The summed E-state index contributed by atoms with van der Waals surface area (Å²) in [6.45, 7) is 1.90. The van der Waals surface area contributed by atoms with Crippen LogP contribution >= 0.6 is 0 Å². The zero-order chi connectivity index (χ0) is 13.9. The minimum Gasteiger partial charge on any atom is -0.366 e. The first-order chi connectivity index (χ1) is 9.05. The molecule has 2 heterocycles. The minimum absolute atomic E-state index is 0.0539. The van der Waals surface area contributed by atoms with Crippen molar-refractivity contribution in [3.63, 3.8) is 0 Å². The lowest BCUT2D eigenvalue weighted by atomic mass is 10.5. The van der Waals surface area contributed by atoms with E-state index in [1.165, 1.54) is 0 Å². The summed E-state index contributed by atoms with van der Waals surface area (Å²) in [7, 11) is -3.00. The molecule has 0 spiro atoms. The molecule has 2 aromatic heterocycles. The van der Waals surface area contributed by atoms with Gasteiger partial charge in [-0.05, 0) is 0 Å². The largest absolute Gasteiger partial charge is 0.366 e. The summed E-state index contributed by atoms with van der Waals surface area (Å²) in [6.07, 6.45) is 5.08. The van der Waals surface area contributed by atoms with Gasteiger partial charge in [0.05, 0.1) is 11.9 Å². The molecule has 2 rings (SSSR count). The maximum Gasteiger partial charge on any atom is 0.180 e. The molecule has 4 N–H and O–H groups in total. The molecule has 104 valence electrons. The van der Waals surface area contributed by atoms with E-state index in [1.54, 1.807) is 29.9 Å². The van der Waals surface area contributed by atoms with E-state index in [-0.39, 0.29) is 18.1 Å². The maximum absolute atomic E-state index is 11.4. The van der Waals surface area contributed by atoms with Crippen molar-refractivity contribution >= 4 is 27.1 Å². The number of nitrogens with two attached hydrogens (primary N) is 1. The molecule has 0 aliphatic rings. The number of fused-ring (bicyclic) bond motifs is 1. The third-order valence-corrected chi connectivity index (χ3v) is 4.37. The van der Waals surface area contributed by atoms with Gasteiger partial charge in [-0.1, -0.05) is 6.92 Å². The highest BCUT2D eigenvalue weighted by Gasteiger charge is 2.10. The van der Waals surface area contributed by atoms with Crippen molar-refractivity contribution in [3.8, 4) is 0 Å². The van der Waals surface area contributed by atoms with Crippen LogP contribution in [0.1, 0.15) is 6.92 Å². The number of anilines is 2. The fourth-order valence-corrected chi connectivity index (χ4v) is 2.29. The molecule has 0 aromatic carbocycles. The number of hydrogen-bond donors (Lipinski definition) is 3. The fourth-order valence-electron chi connectivity index (χ4n) is 1.59. The average Bonchev–Trinajstić information content (AvgIpc) is 2.86. The summed E-state index contributed by atoms with van der Waals surface area (Å²) in [6, 6.07) is 0. The Morgan fingerprint density at radius 2 is 2.26 bits per heavy atom. The highest BCUT2D eigenvalue weighted by atomic mass is 32.2. The molecule has 0 aliphatic carbocycles. The second-order valence-corrected chi connectivity index (χ2v) is 6.41. The van der Waals surface area contributed by atoms with E-state index in [9.17, 15) is 8.42 Å². The molecule has 19 heavy (non-hydrogen) atoms. The molecule has 8 nitrogen and oxygen atoms in total. The number of hydrazine groups is 1. The smallest absolute Gasteiger partial charge is 0.180 e. The number of sulfone groups is 1. The predicted molar refractivity (Wildman–Crippen MR) is 73.6 cm³/mol. The Bertz CT molecular complexity index is 666. The Balaban J connectivity index is 2.17. The van der Waals surface area contributed by atoms with E-state index < -0.39 is 9.84 Å². The molecule has 0 aliphatic heterocycles. The third-order valence-electron chi connectivity index (χ3n) is 2.67. The Morgan fingerprint density at radius 3 is 2.95 bits per heavy atom. The van der Waals surface area contributed by atoms with Gasteiger partial charge >= 0.3 is 0 Å². The van der Waals surface area contributed by atoms with Crippen LogP contribution in [0.3, 0.4) is 0 Å². The van der Waals surface area contributed by atoms with Gasteiger partial charge in [0, 0.05) is 24.7 Å². The lowest BCUT2D eigenvalue weighted by Gasteiger charge is -2.09. The van der Waals surface area contributed by atoms with Crippen LogP contribution in [0.15, 0.2) is 18.6 Å². The Kier molecular flexibility index (Phi) is 3.86. The molecule has 0 saturated heterocycles. The second kappa shape index (κ2) is 5.41. The van der Waals surface area contributed by atoms with Crippen molar-refractivity contribution in [3.05, 3.63) is 18.6 Å². The van der Waals surface area contributed by atoms with Crippen LogP contribution in [0.5, 0.6) is 0 Å². The van der Waals surface area contributed by atoms with Gasteiger partial charge < -0.3 is 15.1 Å². The molecular weight excluding hydrogens is 268 g/mol. The van der Waals surface area contributed by atoms with Gasteiger partial charge in [0.25, 0.3) is 0 Å². The number of imidazole rings is 1. The molecule has 0 bridgehead atoms. The Labute approximate surface area is 110 Å². The lowest BCUT2D eigenvalue weighted by molar-refractivity contribution is 0.597. The second-order valence-electron chi connectivity index (χ2n) is 3.94. The maximum atomic E-state index is 11.4. The summed E-state index contributed by atoms with van der Waals surface area (Å²) in [5.41, 5.74) is 3.07. The molecule has 0 fully saturated rings. The third kappa shape index (κ3) is 3.12. The summed E-state index contributed by atoms with van der Waals surface area (Å²) < 4.78 is 24.6. The quantitative estimate of drug-likeness (QED) is 0.499. The number of nitrogen functional groups attached to an aromatic ring is 1. The Hall–Kier alpha value is -1.87. The number of rotatable bonds is 6. The van der Waals surface area contributed by atoms with Gasteiger partial charge in [-0.2, -0.15) is 0 Å². The molecule has 0 amide bonds. The normalized spacial score (nSPS) is 11.7. The highest BCUT2D eigenvalue weighted by molar-refractivity contribution is 7.91. The molecule has 0 saturated carbocycles. The van der Waals surface area contributed by atoms with Crippen LogP contribution in [0.2, 0.25) is 0 Å². The first kappa shape index (κ1) is 13.6. The van der Waals surface area contributed by atoms with Gasteiger partial charge in [-0.15, -0.1) is 0 Å². The molecule has 2 aromatic rings. The van der Waals surface area contributed by atoms with E-state index in [0.29, 0.717) is 17.3 Å². The first-order valence-corrected chi connectivity index (χ1v) is 7.62. The van der Waals surface area contributed by atoms with Gasteiger partial charge in [-0.3, -0.25) is 0 Å². The van der Waals surface area contributed by atoms with Crippen molar-refractivity contribution < 1.29 is 8.42 Å². The van der Waals surface area contributed by atoms with E-state index in [2.05, 4.69) is 20.7 Å². The average molecular weight is 284 g/mol. The van der Waals surface area contributed by atoms with Crippen molar-refractivity contribution in [2.75, 3.05) is 28.8 Å². The van der Waals surface area contributed by atoms with Crippen LogP contribution in [-0.4, -0.2) is 40.8 Å². The summed E-state index contributed by atoms with van der Waals surface area (Å²) in [5, 5.41) is 2.97. The summed E-state index contributed by atoms with van der Waals surface area (Å²) >= 11 is 0. The van der Waals surface area contributed by atoms with Gasteiger partial charge in [0.1, 0.15) is 0 Å². The van der Waals surface area contributed by atoms with Crippen molar-refractivity contribution in [2.24, 2.45) is 5.84 Å². The number of hydrogen-bond acceptors (Lipinski definition) is 7. The molecule has 0 radical (unpaired) electrons. The van der Waals surface area contributed by atoms with Crippen LogP contribution in [0.25, 0.3) is 5.65 Å². The van der Waals surface area contributed by atoms with Crippen LogP contribution in [-0.2, 0) is 9.84 Å². The fraction of sp³-hybridized carbons (Fsp3) is 0.400. The summed E-state index contributed by atoms with van der Waals surface area (Å²) in [4.78, 5) is 8.36. The van der Waals surface area contributed by atoms with Gasteiger partial charge in [-0.25, -0.2) is 24.2 Å². The van der Waals surface area contributed by atoms with E-state index in [4.69, 9.17) is 5.84 Å². The zero-order valence-electron chi connectivity index (χ0n) is 10.5. The first-order valence-electron chi connectivity index (χ1n) is 5.80. The summed E-state index contributed by atoms with van der Waals surface area (Å²) in [5.74, 6) is 6.47.